The molecule has 4 rings (SSSR count). The van der Waals surface area contributed by atoms with Gasteiger partial charge in [0, 0.05) is 12.8 Å². The van der Waals surface area contributed by atoms with Crippen molar-refractivity contribution >= 4 is 39.5 Å². The van der Waals surface area contributed by atoms with Gasteiger partial charge in [0.15, 0.2) is 0 Å². The molecule has 0 aliphatic carbocycles. The maximum absolute atomic E-state index is 13.5. The molecule has 7 heteroatoms. The van der Waals surface area contributed by atoms with E-state index in [1.807, 2.05) is 84.9 Å². The average Bonchev–Trinajstić information content (AvgIpc) is 2.87. The normalized spacial score (nSPS) is 13.0. The summed E-state index contributed by atoms with van der Waals surface area (Å²) in [5.41, 5.74) is 0.893. The Labute approximate surface area is 221 Å². The van der Waals surface area contributed by atoms with Crippen LogP contribution < -0.4 is 10.6 Å². The molecule has 0 spiro atoms. The van der Waals surface area contributed by atoms with Gasteiger partial charge >= 0.3 is 12.1 Å². The average molecular weight is 513 g/mol. The van der Waals surface area contributed by atoms with Crippen LogP contribution in [0.2, 0.25) is 0 Å². The van der Waals surface area contributed by atoms with Crippen LogP contribution in [0.5, 0.6) is 0 Å². The number of aliphatic carboxylic acids is 1. The summed E-state index contributed by atoms with van der Waals surface area (Å²) in [7, 11) is 0. The van der Waals surface area contributed by atoms with E-state index in [2.05, 4.69) is 10.6 Å². The fourth-order valence-electron chi connectivity index (χ4n) is 4.51. The number of carboxylic acid groups (broad SMARTS) is 1. The molecule has 0 heterocycles. The van der Waals surface area contributed by atoms with Gasteiger partial charge in [-0.05, 0) is 53.4 Å². The minimum absolute atomic E-state index is 0.0931. The minimum Gasteiger partial charge on any atom is -0.480 e. The maximum atomic E-state index is 13.5. The smallest absolute Gasteiger partial charge is 0.408 e. The minimum atomic E-state index is -1.19. The second-order valence-electron chi connectivity index (χ2n) is 10.3. The summed E-state index contributed by atoms with van der Waals surface area (Å²) in [4.78, 5) is 38.4. The van der Waals surface area contributed by atoms with Crippen LogP contribution in [-0.2, 0) is 27.2 Å². The highest BCUT2D eigenvalue weighted by molar-refractivity contribution is 5.92. The SMILES string of the molecule is CC(C)(C)OC(=O)N[C@H](Cc1cccc2ccccc12)C(=O)NC(Cc1cccc2ccccc12)C(=O)O. The van der Waals surface area contributed by atoms with Crippen LogP contribution in [0, 0.1) is 0 Å². The van der Waals surface area contributed by atoms with E-state index in [0.29, 0.717) is 0 Å². The van der Waals surface area contributed by atoms with Gasteiger partial charge < -0.3 is 20.5 Å². The lowest BCUT2D eigenvalue weighted by atomic mass is 9.97. The van der Waals surface area contributed by atoms with Crippen LogP contribution in [0.25, 0.3) is 21.5 Å². The Bertz CT molecular complexity index is 1460. The van der Waals surface area contributed by atoms with Crippen molar-refractivity contribution in [3.63, 3.8) is 0 Å². The van der Waals surface area contributed by atoms with E-state index >= 15 is 0 Å². The monoisotopic (exact) mass is 512 g/mol. The summed E-state index contributed by atoms with van der Waals surface area (Å²) in [6, 6.07) is 24.7. The van der Waals surface area contributed by atoms with Crippen LogP contribution in [0.15, 0.2) is 84.9 Å². The summed E-state index contributed by atoms with van der Waals surface area (Å²) in [5.74, 6) is -1.76. The van der Waals surface area contributed by atoms with Gasteiger partial charge in [0.05, 0.1) is 0 Å². The molecule has 2 atom stereocenters. The van der Waals surface area contributed by atoms with Gasteiger partial charge in [-0.25, -0.2) is 9.59 Å². The third-order valence-electron chi connectivity index (χ3n) is 6.23. The molecule has 4 aromatic carbocycles. The molecule has 0 radical (unpaired) electrons. The number of carboxylic acids is 1. The highest BCUT2D eigenvalue weighted by Crippen LogP contribution is 2.22. The van der Waals surface area contributed by atoms with Crippen molar-refractivity contribution in [1.29, 1.82) is 0 Å². The standard InChI is InChI=1S/C31H32N2O5/c1-31(2,3)38-30(37)33-26(18-22-14-8-12-20-10-4-6-16-24(20)22)28(34)32-27(29(35)36)19-23-15-9-13-21-11-5-7-17-25(21)23/h4-17,26-27H,18-19H2,1-3H3,(H,32,34)(H,33,37)(H,35,36)/t26-,27?/m1/s1. The molecule has 0 fully saturated rings. The zero-order valence-corrected chi connectivity index (χ0v) is 21.7. The molecule has 3 N–H and O–H groups in total. The highest BCUT2D eigenvalue weighted by atomic mass is 16.6. The second-order valence-corrected chi connectivity index (χ2v) is 10.3. The summed E-state index contributed by atoms with van der Waals surface area (Å²) in [6.07, 6.45) is -0.498. The fraction of sp³-hybridized carbons (Fsp3) is 0.258. The van der Waals surface area contributed by atoms with Crippen molar-refractivity contribution in [2.45, 2.75) is 51.3 Å². The number of carbonyl (C=O) groups is 3. The topological polar surface area (TPSA) is 105 Å². The van der Waals surface area contributed by atoms with E-state index in [1.165, 1.54) is 0 Å². The Kier molecular flexibility index (Phi) is 7.96. The van der Waals surface area contributed by atoms with Crippen molar-refractivity contribution < 1.29 is 24.2 Å². The predicted molar refractivity (Wildman–Crippen MR) is 148 cm³/mol. The molecule has 0 aromatic heterocycles. The zero-order chi connectivity index (χ0) is 27.3. The van der Waals surface area contributed by atoms with Gasteiger partial charge in [-0.15, -0.1) is 0 Å². The lowest BCUT2D eigenvalue weighted by molar-refractivity contribution is -0.142. The van der Waals surface area contributed by atoms with Gasteiger partial charge in [-0.3, -0.25) is 4.79 Å². The first kappa shape index (κ1) is 26.7. The Hall–Kier alpha value is -4.39. The van der Waals surface area contributed by atoms with E-state index in [4.69, 9.17) is 4.74 Å². The molecular weight excluding hydrogens is 480 g/mol. The number of hydrogen-bond acceptors (Lipinski definition) is 4. The lowest BCUT2D eigenvalue weighted by Gasteiger charge is -2.25. The number of alkyl carbamates (subject to hydrolysis) is 1. The fourth-order valence-corrected chi connectivity index (χ4v) is 4.51. The molecule has 0 saturated carbocycles. The molecule has 1 unspecified atom stereocenters. The first-order valence-corrected chi connectivity index (χ1v) is 12.6. The van der Waals surface area contributed by atoms with Crippen molar-refractivity contribution in [3.05, 3.63) is 96.1 Å². The Balaban J connectivity index is 1.60. The number of benzene rings is 4. The molecule has 0 aliphatic rings. The number of hydrogen-bond donors (Lipinski definition) is 3. The van der Waals surface area contributed by atoms with Crippen LogP contribution in [-0.4, -0.2) is 40.8 Å². The highest BCUT2D eigenvalue weighted by Gasteiger charge is 2.29. The number of nitrogens with one attached hydrogen (secondary N) is 2. The molecule has 0 saturated heterocycles. The van der Waals surface area contributed by atoms with Crippen molar-refractivity contribution in [2.24, 2.45) is 0 Å². The van der Waals surface area contributed by atoms with E-state index in [1.54, 1.807) is 20.8 Å². The number of fused-ring (bicyclic) bond motifs is 2. The van der Waals surface area contributed by atoms with Crippen LogP contribution in [0.1, 0.15) is 31.9 Å². The first-order valence-electron chi connectivity index (χ1n) is 12.6. The Morgan fingerprint density at radius 3 is 1.68 bits per heavy atom. The van der Waals surface area contributed by atoms with E-state index in [-0.39, 0.29) is 12.8 Å². The molecule has 2 amide bonds. The lowest BCUT2D eigenvalue weighted by Crippen LogP contribution is -2.53. The molecular formula is C31H32N2O5. The first-order chi connectivity index (χ1) is 18.1. The van der Waals surface area contributed by atoms with E-state index < -0.39 is 35.7 Å². The van der Waals surface area contributed by atoms with Gasteiger partial charge in [-0.1, -0.05) is 84.9 Å². The van der Waals surface area contributed by atoms with Gasteiger partial charge in [0.1, 0.15) is 17.7 Å². The Morgan fingerprint density at radius 2 is 1.18 bits per heavy atom. The number of rotatable bonds is 8. The quantitative estimate of drug-likeness (QED) is 0.299. The van der Waals surface area contributed by atoms with Crippen LogP contribution in [0.4, 0.5) is 4.79 Å². The predicted octanol–water partition coefficient (Wildman–Crippen LogP) is 5.24. The van der Waals surface area contributed by atoms with Gasteiger partial charge in [-0.2, -0.15) is 0 Å². The second kappa shape index (κ2) is 11.3. The molecule has 38 heavy (non-hydrogen) atoms. The summed E-state index contributed by atoms with van der Waals surface area (Å²) >= 11 is 0. The van der Waals surface area contributed by atoms with Gasteiger partial charge in [0.2, 0.25) is 5.91 Å². The Morgan fingerprint density at radius 1 is 0.711 bits per heavy atom. The largest absolute Gasteiger partial charge is 0.480 e. The summed E-state index contributed by atoms with van der Waals surface area (Å²) in [6.45, 7) is 5.20. The molecule has 7 nitrogen and oxygen atoms in total. The van der Waals surface area contributed by atoms with Crippen molar-refractivity contribution in [2.75, 3.05) is 0 Å². The van der Waals surface area contributed by atoms with Crippen LogP contribution >= 0.6 is 0 Å². The van der Waals surface area contributed by atoms with Crippen molar-refractivity contribution in [1.82, 2.24) is 10.6 Å². The van der Waals surface area contributed by atoms with Crippen LogP contribution in [0.3, 0.4) is 0 Å². The van der Waals surface area contributed by atoms with E-state index in [0.717, 1.165) is 32.7 Å². The summed E-state index contributed by atoms with van der Waals surface area (Å²) in [5, 5.41) is 19.2. The molecule has 0 bridgehead atoms. The zero-order valence-electron chi connectivity index (χ0n) is 21.7. The third kappa shape index (κ3) is 6.68. The van der Waals surface area contributed by atoms with Gasteiger partial charge in [0.25, 0.3) is 0 Å². The van der Waals surface area contributed by atoms with E-state index in [9.17, 15) is 19.5 Å². The molecule has 196 valence electrons. The molecule has 4 aromatic rings. The number of amides is 2. The molecule has 0 aliphatic heterocycles. The summed E-state index contributed by atoms with van der Waals surface area (Å²) < 4.78 is 5.39. The van der Waals surface area contributed by atoms with Crippen molar-refractivity contribution in [3.8, 4) is 0 Å². The number of ether oxygens (including phenoxy) is 1. The number of carbonyl (C=O) groups excluding carboxylic acids is 2. The third-order valence-corrected chi connectivity index (χ3v) is 6.23. The maximum Gasteiger partial charge on any atom is 0.408 e.